The van der Waals surface area contributed by atoms with Gasteiger partial charge in [0.1, 0.15) is 5.75 Å². The predicted octanol–water partition coefficient (Wildman–Crippen LogP) is 4.09. The molecule has 0 aliphatic carbocycles. The van der Waals surface area contributed by atoms with Crippen molar-refractivity contribution in [3.8, 4) is 5.75 Å². The molecule has 4 heteroatoms. The molecule has 0 fully saturated rings. The van der Waals surface area contributed by atoms with Gasteiger partial charge >= 0.3 is 0 Å². The van der Waals surface area contributed by atoms with Crippen molar-refractivity contribution in [3.05, 3.63) is 41.2 Å². The van der Waals surface area contributed by atoms with Gasteiger partial charge in [0, 0.05) is 5.39 Å². The molecule has 0 atom stereocenters. The summed E-state index contributed by atoms with van der Waals surface area (Å²) in [4.78, 5) is 0. The molecular weight excluding hydrogens is 229 g/mol. The Morgan fingerprint density at radius 1 is 1.00 bits per heavy atom. The van der Waals surface area contributed by atoms with Gasteiger partial charge in [-0.3, -0.25) is 0 Å². The van der Waals surface area contributed by atoms with Gasteiger partial charge in [-0.05, 0) is 35.1 Å². The number of halogens is 3. The molecule has 90 valence electrons. The number of hydrogen-bond acceptors (Lipinski definition) is 1. The Kier molecular flexibility index (Phi) is 2.73. The van der Waals surface area contributed by atoms with Gasteiger partial charge in [-0.1, -0.05) is 13.8 Å². The van der Waals surface area contributed by atoms with E-state index in [2.05, 4.69) is 0 Å². The van der Waals surface area contributed by atoms with Crippen molar-refractivity contribution in [1.29, 1.82) is 0 Å². The largest absolute Gasteiger partial charge is 0.508 e. The summed E-state index contributed by atoms with van der Waals surface area (Å²) in [6, 6.07) is 3.47. The lowest BCUT2D eigenvalue weighted by Crippen LogP contribution is -1.97. The van der Waals surface area contributed by atoms with E-state index in [0.717, 1.165) is 6.07 Å². The topological polar surface area (TPSA) is 20.2 Å². The summed E-state index contributed by atoms with van der Waals surface area (Å²) in [6.45, 7) is 3.57. The second kappa shape index (κ2) is 3.95. The lowest BCUT2D eigenvalue weighted by atomic mass is 9.95. The first kappa shape index (κ1) is 11.8. The van der Waals surface area contributed by atoms with Crippen LogP contribution in [0.1, 0.15) is 25.3 Å². The number of phenolic OH excluding ortho intramolecular Hbond substituents is 1. The molecule has 2 aromatic carbocycles. The van der Waals surface area contributed by atoms with E-state index in [-0.39, 0.29) is 22.4 Å². The van der Waals surface area contributed by atoms with Crippen LogP contribution in [0.4, 0.5) is 13.2 Å². The minimum absolute atomic E-state index is 0.0247. The van der Waals surface area contributed by atoms with Gasteiger partial charge in [0.2, 0.25) is 0 Å². The zero-order chi connectivity index (χ0) is 12.7. The first-order chi connectivity index (χ1) is 7.91. The SMILES string of the molecule is CC(C)c1cc(O)cc2cc(F)c(F)c(F)c12. The van der Waals surface area contributed by atoms with Crippen LogP contribution in [-0.4, -0.2) is 5.11 Å². The highest BCUT2D eigenvalue weighted by Gasteiger charge is 2.18. The fourth-order valence-corrected chi connectivity index (χ4v) is 1.91. The van der Waals surface area contributed by atoms with Crippen molar-refractivity contribution in [1.82, 2.24) is 0 Å². The molecule has 1 nitrogen and oxygen atoms in total. The molecule has 17 heavy (non-hydrogen) atoms. The lowest BCUT2D eigenvalue weighted by Gasteiger charge is -2.12. The molecule has 0 aliphatic rings. The van der Waals surface area contributed by atoms with Crippen molar-refractivity contribution in [2.45, 2.75) is 19.8 Å². The molecule has 0 aromatic heterocycles. The number of fused-ring (bicyclic) bond motifs is 1. The Balaban J connectivity index is 2.96. The maximum atomic E-state index is 13.7. The molecule has 0 spiro atoms. The Morgan fingerprint density at radius 2 is 1.65 bits per heavy atom. The van der Waals surface area contributed by atoms with Crippen LogP contribution in [0.3, 0.4) is 0 Å². The summed E-state index contributed by atoms with van der Waals surface area (Å²) in [5, 5.41) is 9.65. The van der Waals surface area contributed by atoms with Gasteiger partial charge in [0.15, 0.2) is 17.5 Å². The summed E-state index contributed by atoms with van der Waals surface area (Å²) < 4.78 is 40.0. The normalized spacial score (nSPS) is 11.4. The Labute approximate surface area is 96.5 Å². The lowest BCUT2D eigenvalue weighted by molar-refractivity contribution is 0.452. The number of rotatable bonds is 1. The molecular formula is C13H11F3O. The van der Waals surface area contributed by atoms with Gasteiger partial charge in [-0.2, -0.15) is 0 Å². The molecule has 0 aliphatic heterocycles. The third-order valence-electron chi connectivity index (χ3n) is 2.71. The third-order valence-corrected chi connectivity index (χ3v) is 2.71. The maximum Gasteiger partial charge on any atom is 0.195 e. The first-order valence-corrected chi connectivity index (χ1v) is 5.22. The number of phenols is 1. The Hall–Kier alpha value is -1.71. The average molecular weight is 240 g/mol. The predicted molar refractivity (Wildman–Crippen MR) is 59.6 cm³/mol. The van der Waals surface area contributed by atoms with Crippen LogP contribution in [0.2, 0.25) is 0 Å². The summed E-state index contributed by atoms with van der Waals surface area (Å²) in [7, 11) is 0. The molecule has 0 heterocycles. The molecule has 0 saturated heterocycles. The van der Waals surface area contributed by atoms with Crippen molar-refractivity contribution in [2.24, 2.45) is 0 Å². The molecule has 0 bridgehead atoms. The van der Waals surface area contributed by atoms with Crippen LogP contribution in [-0.2, 0) is 0 Å². The highest BCUT2D eigenvalue weighted by molar-refractivity contribution is 5.88. The van der Waals surface area contributed by atoms with E-state index < -0.39 is 17.5 Å². The Morgan fingerprint density at radius 3 is 2.24 bits per heavy atom. The highest BCUT2D eigenvalue weighted by atomic mass is 19.2. The minimum Gasteiger partial charge on any atom is -0.508 e. The minimum atomic E-state index is -1.48. The van der Waals surface area contributed by atoms with E-state index in [1.54, 1.807) is 13.8 Å². The third kappa shape index (κ3) is 1.84. The molecule has 0 saturated carbocycles. The van der Waals surface area contributed by atoms with E-state index in [0.29, 0.717) is 5.56 Å². The molecule has 2 aromatic rings. The van der Waals surface area contributed by atoms with Crippen LogP contribution in [0.25, 0.3) is 10.8 Å². The van der Waals surface area contributed by atoms with Crippen LogP contribution >= 0.6 is 0 Å². The van der Waals surface area contributed by atoms with E-state index in [1.165, 1.54) is 12.1 Å². The quantitative estimate of drug-likeness (QED) is 0.744. The van der Waals surface area contributed by atoms with Crippen molar-refractivity contribution < 1.29 is 18.3 Å². The smallest absolute Gasteiger partial charge is 0.195 e. The second-order valence-corrected chi connectivity index (χ2v) is 4.27. The van der Waals surface area contributed by atoms with Crippen molar-refractivity contribution >= 4 is 10.8 Å². The van der Waals surface area contributed by atoms with E-state index >= 15 is 0 Å². The zero-order valence-corrected chi connectivity index (χ0v) is 9.39. The van der Waals surface area contributed by atoms with Crippen molar-refractivity contribution in [3.63, 3.8) is 0 Å². The molecule has 0 unspecified atom stereocenters. The average Bonchev–Trinajstić information content (AvgIpc) is 2.24. The fourth-order valence-electron chi connectivity index (χ4n) is 1.91. The van der Waals surface area contributed by atoms with E-state index in [1.807, 2.05) is 0 Å². The standard InChI is InChI=1S/C13H11F3O/c1-6(2)9-5-8(17)3-7-4-10(14)12(15)13(16)11(7)9/h3-6,17H,1-2H3. The van der Waals surface area contributed by atoms with E-state index in [4.69, 9.17) is 0 Å². The van der Waals surface area contributed by atoms with Crippen LogP contribution in [0.15, 0.2) is 18.2 Å². The van der Waals surface area contributed by atoms with Gasteiger partial charge in [0.05, 0.1) is 0 Å². The molecule has 2 rings (SSSR count). The summed E-state index contributed by atoms with van der Waals surface area (Å²) in [6.07, 6.45) is 0. The van der Waals surface area contributed by atoms with Crippen LogP contribution in [0, 0.1) is 17.5 Å². The number of aromatic hydroxyl groups is 1. The number of benzene rings is 2. The van der Waals surface area contributed by atoms with E-state index in [9.17, 15) is 18.3 Å². The van der Waals surface area contributed by atoms with Crippen LogP contribution in [0.5, 0.6) is 5.75 Å². The molecule has 0 amide bonds. The summed E-state index contributed by atoms with van der Waals surface area (Å²) in [5.74, 6) is -4.14. The van der Waals surface area contributed by atoms with Gasteiger partial charge in [0.25, 0.3) is 0 Å². The zero-order valence-electron chi connectivity index (χ0n) is 9.39. The van der Waals surface area contributed by atoms with Gasteiger partial charge < -0.3 is 5.11 Å². The highest BCUT2D eigenvalue weighted by Crippen LogP contribution is 2.33. The van der Waals surface area contributed by atoms with Gasteiger partial charge in [-0.15, -0.1) is 0 Å². The molecule has 0 radical (unpaired) electrons. The monoisotopic (exact) mass is 240 g/mol. The van der Waals surface area contributed by atoms with Gasteiger partial charge in [-0.25, -0.2) is 13.2 Å². The number of hydrogen-bond donors (Lipinski definition) is 1. The first-order valence-electron chi connectivity index (χ1n) is 5.22. The molecule has 1 N–H and O–H groups in total. The maximum absolute atomic E-state index is 13.7. The van der Waals surface area contributed by atoms with Crippen molar-refractivity contribution in [2.75, 3.05) is 0 Å². The fraction of sp³-hybridized carbons (Fsp3) is 0.231. The second-order valence-electron chi connectivity index (χ2n) is 4.27. The Bertz CT molecular complexity index is 591. The summed E-state index contributed by atoms with van der Waals surface area (Å²) >= 11 is 0. The van der Waals surface area contributed by atoms with Crippen LogP contribution < -0.4 is 0 Å². The summed E-state index contributed by atoms with van der Waals surface area (Å²) in [5.41, 5.74) is 0.455.